The van der Waals surface area contributed by atoms with Gasteiger partial charge in [0.05, 0.1) is 0 Å². The van der Waals surface area contributed by atoms with E-state index in [4.69, 9.17) is 0 Å². The average Bonchev–Trinajstić information content (AvgIpc) is 2.26. The first-order valence-electron chi connectivity index (χ1n) is 6.26. The van der Waals surface area contributed by atoms with Gasteiger partial charge in [-0.1, -0.05) is 0 Å². The van der Waals surface area contributed by atoms with Gasteiger partial charge >= 0.3 is 58.4 Å². The van der Waals surface area contributed by atoms with Crippen molar-refractivity contribution in [2.45, 2.75) is 0 Å². The van der Waals surface area contributed by atoms with Crippen LogP contribution in [0.15, 0.2) is 12.1 Å². The summed E-state index contributed by atoms with van der Waals surface area (Å²) in [6.45, 7) is 3.24. The van der Waals surface area contributed by atoms with Gasteiger partial charge in [-0.05, 0) is 20.6 Å². The first-order chi connectivity index (χ1) is 8.29. The van der Waals surface area contributed by atoms with Crippen LogP contribution < -0.4 is 51.4 Å². The first kappa shape index (κ1) is 20.1. The molecule has 1 saturated heterocycles. The van der Waals surface area contributed by atoms with E-state index in [-0.39, 0.29) is 57.9 Å². The third-order valence-corrected chi connectivity index (χ3v) is 3.22. The van der Waals surface area contributed by atoms with Gasteiger partial charge in [0.15, 0.2) is 0 Å². The summed E-state index contributed by atoms with van der Waals surface area (Å²) in [6.07, 6.45) is 0. The number of halogens is 3. The maximum atomic E-state index is 12.4. The Bertz CT molecular complexity index is 279. The summed E-state index contributed by atoms with van der Waals surface area (Å²) < 4.78 is 37.2. The molecule has 0 aliphatic carbocycles. The van der Waals surface area contributed by atoms with Crippen LogP contribution in [0.4, 0.5) is 12.9 Å². The average molecular weight is 303 g/mol. The molecule has 1 aliphatic rings. The number of likely N-dealkylation sites (N-methyl/N-ethyl adjacent to an activating group) is 1. The zero-order chi connectivity index (χ0) is 13.8. The molecule has 0 N–H and O–H groups in total. The Morgan fingerprint density at radius 2 is 1.58 bits per heavy atom. The molecule has 1 aliphatic heterocycles. The van der Waals surface area contributed by atoms with Gasteiger partial charge in [-0.25, -0.2) is 0 Å². The summed E-state index contributed by atoms with van der Waals surface area (Å²) >= 11 is 0. The Kier molecular flexibility index (Phi) is 9.73. The van der Waals surface area contributed by atoms with Gasteiger partial charge in [-0.15, -0.1) is 12.1 Å². The van der Waals surface area contributed by atoms with Crippen molar-refractivity contribution in [3.63, 3.8) is 0 Å². The Hall–Kier alpha value is 1.11. The zero-order valence-electron chi connectivity index (χ0n) is 12.2. The topological polar surface area (TPSA) is 9.72 Å². The van der Waals surface area contributed by atoms with E-state index in [1.807, 2.05) is 19.0 Å². The Morgan fingerprint density at radius 3 is 2.00 bits per heavy atom. The van der Waals surface area contributed by atoms with Crippen LogP contribution in [0.2, 0.25) is 0 Å². The molecule has 0 amide bonds. The second-order valence-electron chi connectivity index (χ2n) is 5.15. The third kappa shape index (κ3) is 8.21. The van der Waals surface area contributed by atoms with Crippen LogP contribution in [0.25, 0.3) is 0 Å². The van der Waals surface area contributed by atoms with E-state index in [0.717, 1.165) is 26.2 Å². The van der Waals surface area contributed by atoms with Crippen molar-refractivity contribution >= 4 is 6.98 Å². The van der Waals surface area contributed by atoms with Crippen molar-refractivity contribution in [3.05, 3.63) is 12.1 Å². The van der Waals surface area contributed by atoms with E-state index in [9.17, 15) is 12.9 Å². The summed E-state index contributed by atoms with van der Waals surface area (Å²) in [5, 5.41) is 0. The van der Waals surface area contributed by atoms with Crippen LogP contribution in [0.1, 0.15) is 0 Å². The van der Waals surface area contributed by atoms with Gasteiger partial charge in [0.2, 0.25) is 0 Å². The number of nitrogens with zero attached hydrogens (tertiary/aromatic N) is 3. The van der Waals surface area contributed by atoms with Crippen LogP contribution >= 0.6 is 0 Å². The van der Waals surface area contributed by atoms with E-state index in [1.54, 1.807) is 0 Å². The van der Waals surface area contributed by atoms with Gasteiger partial charge in [0.25, 0.3) is 0 Å². The van der Waals surface area contributed by atoms with Gasteiger partial charge < -0.3 is 17.8 Å². The maximum Gasteiger partial charge on any atom is 1.00 e. The maximum absolute atomic E-state index is 12.4. The SMILES string of the molecule is C=C(CN1CCN(CCN(C)C)CC1)[B-](F)(F)F.[K+]. The zero-order valence-corrected chi connectivity index (χ0v) is 15.3. The normalized spacial score (nSPS) is 18.4. The quantitative estimate of drug-likeness (QED) is 0.532. The Morgan fingerprint density at radius 1 is 1.11 bits per heavy atom. The molecule has 0 atom stereocenters. The van der Waals surface area contributed by atoms with E-state index in [0.29, 0.717) is 13.1 Å². The molecule has 0 aromatic heterocycles. The summed E-state index contributed by atoms with van der Waals surface area (Å²) in [5.41, 5.74) is -0.586. The Labute approximate surface area is 156 Å². The smallest absolute Gasteiger partial charge is 0.445 e. The molecule has 0 saturated carbocycles. The number of piperazine rings is 1. The number of rotatable bonds is 6. The second kappa shape index (κ2) is 9.19. The fourth-order valence-electron chi connectivity index (χ4n) is 1.90. The fourth-order valence-corrected chi connectivity index (χ4v) is 1.90. The van der Waals surface area contributed by atoms with Crippen LogP contribution in [0.3, 0.4) is 0 Å². The van der Waals surface area contributed by atoms with Crippen molar-refractivity contribution in [1.29, 1.82) is 0 Å². The molecule has 8 heteroatoms. The molecule has 0 unspecified atom stereocenters. The van der Waals surface area contributed by atoms with Crippen LogP contribution in [0.5, 0.6) is 0 Å². The first-order valence-corrected chi connectivity index (χ1v) is 6.26. The number of hydrogen-bond donors (Lipinski definition) is 0. The predicted molar refractivity (Wildman–Crippen MR) is 69.7 cm³/mol. The molecule has 0 radical (unpaired) electrons. The van der Waals surface area contributed by atoms with Gasteiger partial charge in [-0.3, -0.25) is 9.80 Å². The van der Waals surface area contributed by atoms with Gasteiger partial charge in [0, 0.05) is 39.3 Å². The van der Waals surface area contributed by atoms with E-state index >= 15 is 0 Å². The molecule has 106 valence electrons. The molecule has 1 heterocycles. The molecule has 0 spiro atoms. The molecule has 3 nitrogen and oxygen atoms in total. The van der Waals surface area contributed by atoms with Gasteiger partial charge in [-0.2, -0.15) is 0 Å². The molecular weight excluding hydrogens is 281 g/mol. The predicted octanol–water partition coefficient (Wildman–Crippen LogP) is -1.89. The van der Waals surface area contributed by atoms with Crippen molar-refractivity contribution in [2.24, 2.45) is 0 Å². The third-order valence-electron chi connectivity index (χ3n) is 3.22. The van der Waals surface area contributed by atoms with Gasteiger partial charge in [0.1, 0.15) is 0 Å². The molecule has 0 bridgehead atoms. The van der Waals surface area contributed by atoms with Crippen molar-refractivity contribution < 1.29 is 64.3 Å². The summed E-state index contributed by atoms with van der Waals surface area (Å²) in [5.74, 6) is 0. The van der Waals surface area contributed by atoms with Crippen LogP contribution in [0, 0.1) is 0 Å². The van der Waals surface area contributed by atoms with Crippen molar-refractivity contribution in [2.75, 3.05) is 59.9 Å². The summed E-state index contributed by atoms with van der Waals surface area (Å²) in [6, 6.07) is 0. The molecule has 1 rings (SSSR count). The fraction of sp³-hybridized carbons (Fsp3) is 0.818. The molecule has 19 heavy (non-hydrogen) atoms. The standard InChI is InChI=1S/C11H22BF3N3.K/c1-11(12(13,14)15)10-18-8-6-17(7-9-18)5-4-16(2)3;/h1,4-10H2,2-3H3;/q-1;+1. The van der Waals surface area contributed by atoms with E-state index in [2.05, 4.69) is 16.4 Å². The minimum Gasteiger partial charge on any atom is -0.445 e. The molecule has 0 aromatic rings. The Balaban J connectivity index is 0.00000324. The van der Waals surface area contributed by atoms with Crippen LogP contribution in [-0.4, -0.2) is 81.6 Å². The summed E-state index contributed by atoms with van der Waals surface area (Å²) in [7, 11) is 4.04. The van der Waals surface area contributed by atoms with Crippen LogP contribution in [-0.2, 0) is 0 Å². The minimum absolute atomic E-state index is 0. The van der Waals surface area contributed by atoms with Crippen molar-refractivity contribution in [3.8, 4) is 0 Å². The van der Waals surface area contributed by atoms with E-state index < -0.39 is 12.4 Å². The molecular formula is C11H22BF3KN3. The largest absolute Gasteiger partial charge is 1.00 e. The minimum atomic E-state index is -4.89. The second-order valence-corrected chi connectivity index (χ2v) is 5.15. The molecule has 1 fully saturated rings. The summed E-state index contributed by atoms with van der Waals surface area (Å²) in [4.78, 5) is 6.24. The monoisotopic (exact) mass is 303 g/mol. The van der Waals surface area contributed by atoms with Crippen molar-refractivity contribution in [1.82, 2.24) is 14.7 Å². The molecule has 0 aromatic carbocycles. The van der Waals surface area contributed by atoms with E-state index in [1.165, 1.54) is 0 Å². The number of hydrogen-bond acceptors (Lipinski definition) is 3.